The molecule has 2 aromatic heterocycles. The van der Waals surface area contributed by atoms with Gasteiger partial charge >= 0.3 is 0 Å². The molecule has 0 aliphatic carbocycles. The minimum absolute atomic E-state index is 0. The Balaban J connectivity index is 0.00000666. The topological polar surface area (TPSA) is 46.0 Å². The van der Waals surface area contributed by atoms with E-state index in [1.54, 1.807) is 19.9 Å². The monoisotopic (exact) mass is 1020 g/mol. The van der Waals surface area contributed by atoms with Gasteiger partial charge in [-0.2, -0.15) is 0 Å². The molecule has 0 aliphatic rings. The van der Waals surface area contributed by atoms with E-state index < -0.39 is 17.7 Å². The van der Waals surface area contributed by atoms with Gasteiger partial charge in [0.1, 0.15) is 5.75 Å². The van der Waals surface area contributed by atoms with Crippen molar-refractivity contribution >= 4 is 0 Å². The fourth-order valence-electron chi connectivity index (χ4n) is 8.66. The molecule has 0 bridgehead atoms. The van der Waals surface area contributed by atoms with Crippen molar-refractivity contribution in [1.82, 2.24) is 9.97 Å². The van der Waals surface area contributed by atoms with Gasteiger partial charge in [0.25, 0.3) is 0 Å². The number of phenols is 1. The standard InChI is InChI=1S/C60H59N2O.Pt/c1-37(2)45-29-49(55-34-44(25-26-61-55)47-27-40(7)58(41(8)28-47)43-17-13-11-14-18-43)31-50(30-45)56-35-48(42-21-23-52(24-22-42)60(9,10)51-19-15-12-16-20-51)36-57(62-56)54-33-46(38(3)4)32-53(39(5)6)59(54)63;/h11-30,32-39,63H,1-10H3;/q-1;/i37D,38D,39D;. The quantitative estimate of drug-likeness (QED) is 0.131. The van der Waals surface area contributed by atoms with Gasteiger partial charge in [-0.1, -0.05) is 182 Å². The molecule has 0 saturated heterocycles. The minimum atomic E-state index is -1.15. The third-order valence-corrected chi connectivity index (χ3v) is 12.4. The number of rotatable bonds is 11. The third kappa shape index (κ3) is 9.47. The molecule has 0 unspecified atom stereocenters. The Labute approximate surface area is 400 Å². The van der Waals surface area contributed by atoms with Crippen LogP contribution in [0.25, 0.3) is 67.2 Å². The van der Waals surface area contributed by atoms with Crippen molar-refractivity contribution in [3.63, 3.8) is 0 Å². The second-order valence-electron chi connectivity index (χ2n) is 18.1. The summed E-state index contributed by atoms with van der Waals surface area (Å²) in [6, 6.07) is 53.5. The van der Waals surface area contributed by atoms with E-state index in [4.69, 9.17) is 12.7 Å². The zero-order chi connectivity index (χ0) is 47.3. The summed E-state index contributed by atoms with van der Waals surface area (Å²) < 4.78 is 27.3. The van der Waals surface area contributed by atoms with Crippen LogP contribution in [0, 0.1) is 19.9 Å². The van der Waals surface area contributed by atoms with Crippen LogP contribution in [0.1, 0.15) is 116 Å². The summed E-state index contributed by atoms with van der Waals surface area (Å²) in [7, 11) is 0. The van der Waals surface area contributed by atoms with Gasteiger partial charge in [0.15, 0.2) is 0 Å². The van der Waals surface area contributed by atoms with E-state index >= 15 is 0 Å². The van der Waals surface area contributed by atoms with Crippen molar-refractivity contribution in [2.24, 2.45) is 0 Å². The van der Waals surface area contributed by atoms with E-state index in [1.807, 2.05) is 82.4 Å². The number of hydrogen-bond acceptors (Lipinski definition) is 3. The molecular weight excluding hydrogens is 960 g/mol. The molecule has 326 valence electrons. The minimum Gasteiger partial charge on any atom is -0.507 e. The second-order valence-corrected chi connectivity index (χ2v) is 18.1. The number of nitrogens with zero attached hydrogens (tertiary/aromatic N) is 2. The van der Waals surface area contributed by atoms with Crippen LogP contribution in [0.4, 0.5) is 0 Å². The van der Waals surface area contributed by atoms with E-state index in [0.717, 1.165) is 39.1 Å². The predicted molar refractivity (Wildman–Crippen MR) is 265 cm³/mol. The van der Waals surface area contributed by atoms with Crippen LogP contribution in [0.3, 0.4) is 0 Å². The zero-order valence-corrected chi connectivity index (χ0v) is 40.9. The van der Waals surface area contributed by atoms with Crippen LogP contribution >= 0.6 is 0 Å². The number of pyridine rings is 2. The molecule has 0 aliphatic heterocycles. The molecule has 0 radical (unpaired) electrons. The summed E-state index contributed by atoms with van der Waals surface area (Å²) in [5.41, 5.74) is 16.5. The summed E-state index contributed by atoms with van der Waals surface area (Å²) in [4.78, 5) is 10.2. The predicted octanol–water partition coefficient (Wildman–Crippen LogP) is 16.3. The largest absolute Gasteiger partial charge is 0.507 e. The molecule has 0 fully saturated rings. The molecule has 1 N–H and O–H groups in total. The van der Waals surface area contributed by atoms with Gasteiger partial charge in [-0.05, 0) is 116 Å². The fourth-order valence-corrected chi connectivity index (χ4v) is 8.66. The molecule has 4 heteroatoms. The maximum Gasteiger partial charge on any atom is 0.128 e. The van der Waals surface area contributed by atoms with Crippen molar-refractivity contribution in [2.75, 3.05) is 0 Å². The Hall–Kier alpha value is -5.89. The first-order chi connectivity index (χ1) is 31.1. The summed E-state index contributed by atoms with van der Waals surface area (Å²) in [5, 5.41) is 12.0. The average molecular weight is 1020 g/mol. The Bertz CT molecular complexity index is 3050. The normalized spacial score (nSPS) is 12.8. The molecule has 2 heterocycles. The van der Waals surface area contributed by atoms with Crippen molar-refractivity contribution in [1.29, 1.82) is 0 Å². The summed E-state index contributed by atoms with van der Waals surface area (Å²) in [6.45, 7) is 19.7. The first-order valence-electron chi connectivity index (χ1n) is 23.4. The Morgan fingerprint density at radius 1 is 0.531 bits per heavy atom. The maximum atomic E-state index is 12.0. The van der Waals surface area contributed by atoms with E-state index in [-0.39, 0.29) is 32.2 Å². The average Bonchev–Trinajstić information content (AvgIpc) is 3.28. The molecule has 64 heavy (non-hydrogen) atoms. The van der Waals surface area contributed by atoms with Gasteiger partial charge in [-0.3, -0.25) is 9.97 Å². The SMILES string of the molecule is [2H]C(C)(C)c1cc(-c2cc(-c3cc(C)c(-c4ccccc4)c(C)c3)ccn2)[c-]c(-c2cc(-c3ccc(C(C)(C)c4ccccc4)cc3)cc(-c3cc(C([2H])(C)C)cc(C([2H])(C)C)c3O)n2)c1.[Pt]. The molecule has 0 saturated carbocycles. The van der Waals surface area contributed by atoms with Gasteiger partial charge in [0.2, 0.25) is 0 Å². The smallest absolute Gasteiger partial charge is 0.128 e. The number of benzene rings is 6. The Morgan fingerprint density at radius 2 is 1.06 bits per heavy atom. The van der Waals surface area contributed by atoms with Crippen LogP contribution < -0.4 is 0 Å². The molecular formula is C60H59N2OPt-. The van der Waals surface area contributed by atoms with E-state index in [2.05, 4.69) is 125 Å². The van der Waals surface area contributed by atoms with Gasteiger partial charge in [-0.15, -0.1) is 23.8 Å². The van der Waals surface area contributed by atoms with Crippen molar-refractivity contribution in [2.45, 2.75) is 92.3 Å². The van der Waals surface area contributed by atoms with Crippen molar-refractivity contribution in [3.8, 4) is 72.9 Å². The molecule has 0 amide bonds. The van der Waals surface area contributed by atoms with Gasteiger partial charge in [0, 0.05) is 53.7 Å². The first-order valence-corrected chi connectivity index (χ1v) is 21.9. The Morgan fingerprint density at radius 3 is 1.67 bits per heavy atom. The number of aryl methyl sites for hydroxylation is 2. The first kappa shape index (κ1) is 42.1. The molecule has 8 rings (SSSR count). The maximum absolute atomic E-state index is 12.0. The number of aromatic nitrogens is 2. The summed E-state index contributed by atoms with van der Waals surface area (Å²) >= 11 is 0. The van der Waals surface area contributed by atoms with E-state index in [1.165, 1.54) is 33.4 Å². The third-order valence-electron chi connectivity index (χ3n) is 12.4. The van der Waals surface area contributed by atoms with Gasteiger partial charge in [-0.25, -0.2) is 0 Å². The van der Waals surface area contributed by atoms with E-state index in [9.17, 15) is 6.48 Å². The molecule has 0 atom stereocenters. The molecule has 0 spiro atoms. The van der Waals surface area contributed by atoms with Gasteiger partial charge in [0.05, 0.1) is 5.69 Å². The summed E-state index contributed by atoms with van der Waals surface area (Å²) in [5.74, 6) is -3.17. The van der Waals surface area contributed by atoms with Crippen molar-refractivity contribution in [3.05, 3.63) is 197 Å². The van der Waals surface area contributed by atoms with Crippen LogP contribution in [0.5, 0.6) is 5.75 Å². The van der Waals surface area contributed by atoms with Crippen LogP contribution in [-0.4, -0.2) is 15.1 Å². The number of hydrogen-bond donors (Lipinski definition) is 1. The number of phenolic OH excluding ortho intramolecular Hbond substituents is 1. The van der Waals surface area contributed by atoms with Gasteiger partial charge < -0.3 is 5.11 Å². The second kappa shape index (κ2) is 19.1. The van der Waals surface area contributed by atoms with Crippen LogP contribution in [0.15, 0.2) is 152 Å². The van der Waals surface area contributed by atoms with Crippen LogP contribution in [0.2, 0.25) is 0 Å². The van der Waals surface area contributed by atoms with E-state index in [0.29, 0.717) is 33.6 Å². The van der Waals surface area contributed by atoms with Crippen LogP contribution in [-0.2, 0) is 26.5 Å². The zero-order valence-electron chi connectivity index (χ0n) is 41.6. The van der Waals surface area contributed by atoms with Crippen molar-refractivity contribution < 1.29 is 30.3 Å². The summed E-state index contributed by atoms with van der Waals surface area (Å²) in [6.07, 6.45) is 1.83. The fraction of sp³-hybridized carbons (Fsp3) is 0.233. The number of aromatic hydroxyl groups is 1. The Kier molecular flexibility index (Phi) is 12.5. The molecule has 6 aromatic carbocycles. The molecule has 3 nitrogen and oxygen atoms in total. The molecule has 8 aromatic rings.